The highest BCUT2D eigenvalue weighted by Crippen LogP contribution is 2.16. The molecular weight excluding hydrogens is 214 g/mol. The van der Waals surface area contributed by atoms with Crippen molar-refractivity contribution in [2.24, 2.45) is 0 Å². The second kappa shape index (κ2) is 3.86. The fourth-order valence-corrected chi connectivity index (χ4v) is 1.03. The Morgan fingerprint density at radius 3 is 1.93 bits per heavy atom. The van der Waals surface area contributed by atoms with Gasteiger partial charge in [-0.3, -0.25) is 4.79 Å². The SMILES string of the molecule is C#CC(C)(C)NC(=O)C(C)(C)S(C)(=O)=O. The zero-order valence-corrected chi connectivity index (χ0v) is 10.5. The Labute approximate surface area is 91.4 Å². The summed E-state index contributed by atoms with van der Waals surface area (Å²) < 4.78 is 21.2. The van der Waals surface area contributed by atoms with Gasteiger partial charge in [-0.25, -0.2) is 8.42 Å². The predicted octanol–water partition coefficient (Wildman–Crippen LogP) is 0.338. The second-order valence-corrected chi connectivity index (χ2v) is 7.07. The van der Waals surface area contributed by atoms with Crippen LogP contribution in [0.4, 0.5) is 0 Å². The summed E-state index contributed by atoms with van der Waals surface area (Å²) in [5, 5.41) is 2.50. The molecule has 1 amide bonds. The van der Waals surface area contributed by atoms with E-state index in [4.69, 9.17) is 6.42 Å². The molecule has 4 nitrogen and oxygen atoms in total. The van der Waals surface area contributed by atoms with Crippen molar-refractivity contribution in [2.75, 3.05) is 6.26 Å². The van der Waals surface area contributed by atoms with Gasteiger partial charge >= 0.3 is 0 Å². The molecule has 0 spiro atoms. The smallest absolute Gasteiger partial charge is 0.242 e. The van der Waals surface area contributed by atoms with Crippen molar-refractivity contribution in [3.05, 3.63) is 0 Å². The quantitative estimate of drug-likeness (QED) is 0.712. The van der Waals surface area contributed by atoms with E-state index in [1.807, 2.05) is 0 Å². The highest BCUT2D eigenvalue weighted by atomic mass is 32.2. The summed E-state index contributed by atoms with van der Waals surface area (Å²) in [6.07, 6.45) is 6.22. The standard InChI is InChI=1S/C10H17NO3S/c1-7-9(2,3)11-8(12)10(4,5)15(6,13)14/h1H,2-6H3,(H,11,12). The van der Waals surface area contributed by atoms with Gasteiger partial charge in [-0.05, 0) is 27.7 Å². The van der Waals surface area contributed by atoms with E-state index in [2.05, 4.69) is 11.2 Å². The van der Waals surface area contributed by atoms with Crippen molar-refractivity contribution in [1.82, 2.24) is 5.32 Å². The van der Waals surface area contributed by atoms with Crippen molar-refractivity contribution < 1.29 is 13.2 Å². The van der Waals surface area contributed by atoms with Gasteiger partial charge in [-0.15, -0.1) is 6.42 Å². The number of amides is 1. The van der Waals surface area contributed by atoms with Gasteiger partial charge in [0.2, 0.25) is 5.91 Å². The molecule has 0 saturated heterocycles. The number of carbonyl (C=O) groups excluding carboxylic acids is 1. The molecule has 0 aromatic rings. The van der Waals surface area contributed by atoms with Gasteiger partial charge < -0.3 is 5.32 Å². The Kier molecular flexibility index (Phi) is 3.59. The van der Waals surface area contributed by atoms with E-state index < -0.39 is 26.0 Å². The number of nitrogens with one attached hydrogen (secondary N) is 1. The van der Waals surface area contributed by atoms with Crippen LogP contribution in [-0.4, -0.2) is 30.9 Å². The molecule has 0 bridgehead atoms. The molecule has 0 aromatic carbocycles. The summed E-state index contributed by atoms with van der Waals surface area (Å²) in [5.41, 5.74) is -0.848. The zero-order chi connectivity index (χ0) is 12.5. The summed E-state index contributed by atoms with van der Waals surface area (Å²) in [6, 6.07) is 0. The van der Waals surface area contributed by atoms with Crippen LogP contribution in [0.5, 0.6) is 0 Å². The third kappa shape index (κ3) is 3.24. The molecule has 0 fully saturated rings. The Bertz CT molecular complexity index is 399. The number of sulfone groups is 1. The molecule has 0 aliphatic carbocycles. The van der Waals surface area contributed by atoms with E-state index in [1.54, 1.807) is 13.8 Å². The van der Waals surface area contributed by atoms with Gasteiger partial charge in [-0.2, -0.15) is 0 Å². The van der Waals surface area contributed by atoms with E-state index in [0.717, 1.165) is 6.26 Å². The number of hydrogen-bond acceptors (Lipinski definition) is 3. The van der Waals surface area contributed by atoms with Crippen LogP contribution in [0.1, 0.15) is 27.7 Å². The fourth-order valence-electron chi connectivity index (χ4n) is 0.639. The summed E-state index contributed by atoms with van der Waals surface area (Å²) in [4.78, 5) is 11.7. The maximum absolute atomic E-state index is 11.7. The molecule has 0 aliphatic heterocycles. The molecule has 1 N–H and O–H groups in total. The van der Waals surface area contributed by atoms with Crippen LogP contribution < -0.4 is 5.32 Å². The summed E-state index contributed by atoms with van der Waals surface area (Å²) in [5.74, 6) is 1.78. The van der Waals surface area contributed by atoms with Gasteiger partial charge in [0.25, 0.3) is 0 Å². The van der Waals surface area contributed by atoms with Crippen LogP contribution in [0.3, 0.4) is 0 Å². The first-order valence-electron chi connectivity index (χ1n) is 4.44. The van der Waals surface area contributed by atoms with Gasteiger partial charge in [0.1, 0.15) is 4.75 Å². The number of terminal acetylenes is 1. The topological polar surface area (TPSA) is 63.2 Å². The van der Waals surface area contributed by atoms with E-state index in [0.29, 0.717) is 0 Å². The van der Waals surface area contributed by atoms with E-state index in [-0.39, 0.29) is 0 Å². The van der Waals surface area contributed by atoms with Crippen LogP contribution in [-0.2, 0) is 14.6 Å². The number of hydrogen-bond donors (Lipinski definition) is 1. The maximum atomic E-state index is 11.7. The molecule has 0 rings (SSSR count). The molecule has 0 unspecified atom stereocenters. The lowest BCUT2D eigenvalue weighted by atomic mass is 10.1. The lowest BCUT2D eigenvalue weighted by molar-refractivity contribution is -0.123. The van der Waals surface area contributed by atoms with E-state index in [1.165, 1.54) is 13.8 Å². The van der Waals surface area contributed by atoms with E-state index in [9.17, 15) is 13.2 Å². The average Bonchev–Trinajstić information content (AvgIpc) is 2.01. The normalized spacial score (nSPS) is 13.1. The van der Waals surface area contributed by atoms with Crippen LogP contribution in [0.15, 0.2) is 0 Å². The van der Waals surface area contributed by atoms with Crippen molar-refractivity contribution in [3.63, 3.8) is 0 Å². The lowest BCUT2D eigenvalue weighted by Gasteiger charge is -2.27. The molecule has 0 aliphatic rings. The molecule has 0 aromatic heterocycles. The first kappa shape index (κ1) is 14.0. The van der Waals surface area contributed by atoms with Crippen LogP contribution in [0.2, 0.25) is 0 Å². The third-order valence-corrected chi connectivity index (χ3v) is 4.30. The highest BCUT2D eigenvalue weighted by molar-refractivity contribution is 7.92. The molecule has 0 radical (unpaired) electrons. The van der Waals surface area contributed by atoms with Crippen LogP contribution in [0.25, 0.3) is 0 Å². The number of rotatable bonds is 3. The van der Waals surface area contributed by atoms with Crippen molar-refractivity contribution in [2.45, 2.75) is 38.0 Å². The van der Waals surface area contributed by atoms with Gasteiger partial charge in [0.05, 0.1) is 5.54 Å². The molecule has 0 heterocycles. The molecule has 5 heteroatoms. The minimum Gasteiger partial charge on any atom is -0.339 e. The Balaban J connectivity index is 5.01. The van der Waals surface area contributed by atoms with Crippen molar-refractivity contribution in [1.29, 1.82) is 0 Å². The first-order chi connectivity index (χ1) is 6.44. The average molecular weight is 231 g/mol. The molecule has 0 atom stereocenters. The molecule has 15 heavy (non-hydrogen) atoms. The monoisotopic (exact) mass is 231 g/mol. The summed E-state index contributed by atoms with van der Waals surface area (Å²) >= 11 is 0. The van der Waals surface area contributed by atoms with Gasteiger partial charge in [-0.1, -0.05) is 5.92 Å². The minimum atomic E-state index is -3.46. The van der Waals surface area contributed by atoms with Crippen LogP contribution in [0, 0.1) is 12.3 Å². The van der Waals surface area contributed by atoms with Crippen molar-refractivity contribution >= 4 is 15.7 Å². The summed E-state index contributed by atoms with van der Waals surface area (Å²) in [6.45, 7) is 5.96. The maximum Gasteiger partial charge on any atom is 0.242 e. The van der Waals surface area contributed by atoms with E-state index >= 15 is 0 Å². The largest absolute Gasteiger partial charge is 0.339 e. The molecular formula is C10H17NO3S. The second-order valence-electron chi connectivity index (χ2n) is 4.51. The predicted molar refractivity (Wildman–Crippen MR) is 60.0 cm³/mol. The fraction of sp³-hybridized carbons (Fsp3) is 0.700. The third-order valence-electron chi connectivity index (χ3n) is 2.26. The molecule has 0 saturated carbocycles. The zero-order valence-electron chi connectivity index (χ0n) is 9.71. The molecule has 86 valence electrons. The highest BCUT2D eigenvalue weighted by Gasteiger charge is 2.40. The minimum absolute atomic E-state index is 0.590. The first-order valence-corrected chi connectivity index (χ1v) is 6.33. The van der Waals surface area contributed by atoms with Crippen LogP contribution >= 0.6 is 0 Å². The van der Waals surface area contributed by atoms with Gasteiger partial charge in [0, 0.05) is 6.26 Å². The van der Waals surface area contributed by atoms with Crippen molar-refractivity contribution in [3.8, 4) is 12.3 Å². The Hall–Kier alpha value is -1.02. The Morgan fingerprint density at radius 1 is 1.27 bits per heavy atom. The summed E-state index contributed by atoms with van der Waals surface area (Å²) in [7, 11) is -3.46. The van der Waals surface area contributed by atoms with Gasteiger partial charge in [0.15, 0.2) is 9.84 Å². The lowest BCUT2D eigenvalue weighted by Crippen LogP contribution is -2.54. The number of carbonyl (C=O) groups is 1. The Morgan fingerprint density at radius 2 is 1.67 bits per heavy atom.